The highest BCUT2D eigenvalue weighted by Gasteiger charge is 2.39. The zero-order valence-corrected chi connectivity index (χ0v) is 36.8. The van der Waals surface area contributed by atoms with Crippen molar-refractivity contribution in [2.45, 2.75) is 129 Å². The number of fused-ring (bicyclic) bond motifs is 1. The molecule has 324 valence electrons. The molecule has 4 rings (SSSR count). The van der Waals surface area contributed by atoms with E-state index in [1.54, 1.807) is 65.8 Å². The van der Waals surface area contributed by atoms with Crippen LogP contribution in [0.1, 0.15) is 105 Å². The van der Waals surface area contributed by atoms with Crippen LogP contribution in [-0.4, -0.2) is 86.7 Å². The Kier molecular flexibility index (Phi) is 15.3. The molecule has 2 heterocycles. The van der Waals surface area contributed by atoms with E-state index in [-0.39, 0.29) is 42.0 Å². The Morgan fingerprint density at radius 2 is 1.66 bits per heavy atom. The maximum atomic E-state index is 14.0. The van der Waals surface area contributed by atoms with Gasteiger partial charge in [-0.2, -0.15) is 18.3 Å². The Hall–Kier alpha value is -3.87. The van der Waals surface area contributed by atoms with Gasteiger partial charge < -0.3 is 28.3 Å². The van der Waals surface area contributed by atoms with Gasteiger partial charge in [-0.3, -0.25) is 9.52 Å². The molecule has 1 N–H and O–H groups in total. The number of sulfonamides is 1. The van der Waals surface area contributed by atoms with E-state index in [4.69, 9.17) is 23.4 Å². The van der Waals surface area contributed by atoms with Crippen LogP contribution in [0.15, 0.2) is 42.5 Å². The van der Waals surface area contributed by atoms with Gasteiger partial charge in [-0.25, -0.2) is 17.9 Å². The first-order chi connectivity index (χ1) is 27.0. The number of ether oxygens (including phenoxy) is 4. The van der Waals surface area contributed by atoms with E-state index in [9.17, 15) is 31.2 Å². The van der Waals surface area contributed by atoms with Gasteiger partial charge in [0.2, 0.25) is 10.0 Å². The van der Waals surface area contributed by atoms with Crippen LogP contribution in [0.3, 0.4) is 0 Å². The van der Waals surface area contributed by atoms with Crippen LogP contribution >= 0.6 is 0 Å². The molecule has 0 spiro atoms. The fraction of sp³-hybridized carbons (Fsp3) is 0.625. The molecule has 3 aromatic rings. The van der Waals surface area contributed by atoms with Gasteiger partial charge in [0.1, 0.15) is 23.6 Å². The lowest BCUT2D eigenvalue weighted by Gasteiger charge is -2.36. The molecule has 13 nitrogen and oxygen atoms in total. The Morgan fingerprint density at radius 1 is 0.983 bits per heavy atom. The summed E-state index contributed by atoms with van der Waals surface area (Å²) in [5.41, 5.74) is -1.72. The molecule has 1 saturated heterocycles. The summed E-state index contributed by atoms with van der Waals surface area (Å²) in [6.45, 7) is 16.7. The molecule has 2 unspecified atom stereocenters. The molecule has 18 heteroatoms. The van der Waals surface area contributed by atoms with Gasteiger partial charge in [0, 0.05) is 23.7 Å². The maximum Gasteiger partial charge on any atom is 0.435 e. The first-order valence-corrected chi connectivity index (χ1v) is 24.0. The average Bonchev–Trinajstić information content (AvgIpc) is 3.51. The predicted molar refractivity (Wildman–Crippen MR) is 218 cm³/mol. The molecule has 2 aromatic carbocycles. The number of rotatable bonds is 17. The zero-order valence-electron chi connectivity index (χ0n) is 35.0. The second kappa shape index (κ2) is 19.0. The van der Waals surface area contributed by atoms with Crippen molar-refractivity contribution in [3.05, 3.63) is 53.7 Å². The van der Waals surface area contributed by atoms with Gasteiger partial charge in [0.15, 0.2) is 26.0 Å². The normalized spacial score (nSPS) is 16.2. The summed E-state index contributed by atoms with van der Waals surface area (Å²) >= 11 is 0. The molecule has 1 aromatic heterocycles. The molecule has 0 bridgehead atoms. The Bertz CT molecular complexity index is 1960. The molecule has 1 aliphatic rings. The molecule has 0 aliphatic carbocycles. The third kappa shape index (κ3) is 13.3. The smallest absolute Gasteiger partial charge is 0.435 e. The summed E-state index contributed by atoms with van der Waals surface area (Å²) in [5, 5.41) is 3.85. The molecule has 0 radical (unpaired) electrons. The van der Waals surface area contributed by atoms with Crippen LogP contribution < -0.4 is 9.46 Å². The summed E-state index contributed by atoms with van der Waals surface area (Å²) in [7, 11) is -6.52. The summed E-state index contributed by atoms with van der Waals surface area (Å²) < 4.78 is 102. The first-order valence-electron chi connectivity index (χ1n) is 19.8. The van der Waals surface area contributed by atoms with Crippen LogP contribution in [0.2, 0.25) is 18.1 Å². The van der Waals surface area contributed by atoms with Crippen molar-refractivity contribution in [1.82, 2.24) is 14.7 Å². The highest BCUT2D eigenvalue weighted by molar-refractivity contribution is 7.93. The predicted octanol–water partition coefficient (Wildman–Crippen LogP) is 9.22. The number of hydrogen-bond donors (Lipinski definition) is 1. The van der Waals surface area contributed by atoms with Gasteiger partial charge in [-0.05, 0) is 109 Å². The van der Waals surface area contributed by atoms with E-state index in [1.807, 2.05) is 0 Å². The third-order valence-corrected chi connectivity index (χ3v) is 15.4. The van der Waals surface area contributed by atoms with Gasteiger partial charge in [-0.1, -0.05) is 32.9 Å². The number of aromatic nitrogens is 2. The summed E-state index contributed by atoms with van der Waals surface area (Å²) in [6, 6.07) is 13.2. The van der Waals surface area contributed by atoms with Gasteiger partial charge in [0.25, 0.3) is 0 Å². The van der Waals surface area contributed by atoms with Crippen LogP contribution in [0.5, 0.6) is 5.75 Å². The molecule has 1 fully saturated rings. The number of nitrogens with one attached hydrogen (secondary N) is 1. The number of nitrogens with zero attached hydrogens (tertiary/aromatic N) is 3. The van der Waals surface area contributed by atoms with Crippen molar-refractivity contribution in [2.75, 3.05) is 36.8 Å². The summed E-state index contributed by atoms with van der Waals surface area (Å²) in [6.07, 6.45) is -4.57. The van der Waals surface area contributed by atoms with Gasteiger partial charge >= 0.3 is 18.2 Å². The number of alkyl halides is 3. The number of carbonyl (C=O) groups is 2. The minimum atomic E-state index is -4.68. The van der Waals surface area contributed by atoms with E-state index in [0.29, 0.717) is 18.6 Å². The maximum absolute atomic E-state index is 14.0. The minimum Gasteiger partial charge on any atom is -0.492 e. The topological polar surface area (TPSA) is 148 Å². The number of carbonyl (C=O) groups excluding carboxylic acids is 2. The highest BCUT2D eigenvalue weighted by Crippen LogP contribution is 2.38. The molecule has 0 saturated carbocycles. The van der Waals surface area contributed by atoms with Crippen LogP contribution in [0, 0.1) is 0 Å². The second-order valence-electron chi connectivity index (χ2n) is 16.5. The quantitative estimate of drug-likeness (QED) is 0.103. The minimum absolute atomic E-state index is 0.000895. The summed E-state index contributed by atoms with van der Waals surface area (Å²) in [5.74, 6) is -1.51. The van der Waals surface area contributed by atoms with Crippen molar-refractivity contribution in [3.8, 4) is 5.75 Å². The molecule has 1 aliphatic heterocycles. The van der Waals surface area contributed by atoms with E-state index in [0.717, 1.165) is 31.0 Å². The molecule has 2 atom stereocenters. The van der Waals surface area contributed by atoms with Crippen molar-refractivity contribution < 1.29 is 54.6 Å². The van der Waals surface area contributed by atoms with Crippen molar-refractivity contribution in [3.63, 3.8) is 0 Å². The number of esters is 1. The monoisotopic (exact) mass is 856 g/mol. The fourth-order valence-electron chi connectivity index (χ4n) is 6.67. The fourth-order valence-corrected chi connectivity index (χ4v) is 10.4. The van der Waals surface area contributed by atoms with Crippen LogP contribution in [-0.2, 0) is 39.6 Å². The number of benzene rings is 2. The SMILES string of the molecule is CC[Si](CC)(CC)OC(CN(CCOc1ccc2c(C(F)(F)F)nn(C3CCCCO3)c2c1)C(=O)OC(C)(C)C)c1cccc(NS(=O)(=O)CC(=O)OC(C)(C)C)c1. The Labute approximate surface area is 341 Å². The molecule has 58 heavy (non-hydrogen) atoms. The van der Waals surface area contributed by atoms with Crippen molar-refractivity contribution in [2.24, 2.45) is 0 Å². The van der Waals surface area contributed by atoms with E-state index in [1.165, 1.54) is 27.8 Å². The number of amides is 1. The lowest BCUT2D eigenvalue weighted by Crippen LogP contribution is -2.45. The van der Waals surface area contributed by atoms with E-state index in [2.05, 4.69) is 30.6 Å². The Morgan fingerprint density at radius 3 is 2.24 bits per heavy atom. The number of halogens is 3. The third-order valence-electron chi connectivity index (χ3n) is 9.63. The number of anilines is 1. The number of hydrogen-bond acceptors (Lipinski definition) is 10. The highest BCUT2D eigenvalue weighted by atomic mass is 32.2. The standard InChI is InChI=1S/C40H59F3N4O9SSi/c1-10-58(11-2,12-3)56-33(28-16-15-17-29(24-28)45-57(50,51)27-35(48)54-38(4,5)6)26-46(37(49)55-39(7,8)9)21-23-52-30-19-20-31-32(25-30)47(34-18-13-14-22-53-34)44-36(31)40(41,42)43/h15-17,19-20,24-25,33-34,45H,10-14,18,21-23,26-27H2,1-9H3. The average molecular weight is 857 g/mol. The first kappa shape index (κ1) is 46.8. The largest absolute Gasteiger partial charge is 0.492 e. The second-order valence-corrected chi connectivity index (χ2v) is 22.9. The summed E-state index contributed by atoms with van der Waals surface area (Å²) in [4.78, 5) is 27.6. The lowest BCUT2D eigenvalue weighted by atomic mass is 10.1. The van der Waals surface area contributed by atoms with Crippen molar-refractivity contribution in [1.29, 1.82) is 0 Å². The lowest BCUT2D eigenvalue weighted by molar-refractivity contribution is -0.151. The van der Waals surface area contributed by atoms with Crippen LogP contribution in [0.25, 0.3) is 10.9 Å². The van der Waals surface area contributed by atoms with E-state index < -0.39 is 71.6 Å². The van der Waals surface area contributed by atoms with E-state index >= 15 is 0 Å². The van der Waals surface area contributed by atoms with Crippen LogP contribution in [0.4, 0.5) is 23.7 Å². The van der Waals surface area contributed by atoms with Gasteiger partial charge in [-0.15, -0.1) is 0 Å². The molecular formula is C40H59F3N4O9SSi. The molecule has 1 amide bonds. The van der Waals surface area contributed by atoms with Gasteiger partial charge in [0.05, 0.1) is 24.7 Å². The zero-order chi connectivity index (χ0) is 43.1. The Balaban J connectivity index is 1.64. The van der Waals surface area contributed by atoms with Crippen molar-refractivity contribution >= 4 is 47.0 Å². The molecular weight excluding hydrogens is 798 g/mol.